The van der Waals surface area contributed by atoms with Crippen LogP contribution in [0.4, 0.5) is 0 Å². The van der Waals surface area contributed by atoms with E-state index in [1.165, 1.54) is 0 Å². The largest absolute Gasteiger partial charge is 0.393 e. The van der Waals surface area contributed by atoms with Crippen molar-refractivity contribution in [3.63, 3.8) is 0 Å². The maximum absolute atomic E-state index is 10.1. The van der Waals surface area contributed by atoms with Crippen molar-refractivity contribution >= 4 is 28.8 Å². The quantitative estimate of drug-likeness (QED) is 0.812. The van der Waals surface area contributed by atoms with Gasteiger partial charge in [0.1, 0.15) is 4.99 Å². The summed E-state index contributed by atoms with van der Waals surface area (Å²) in [4.78, 5) is 0.694. The van der Waals surface area contributed by atoms with Crippen LogP contribution in [0.15, 0.2) is 24.3 Å². The maximum Gasteiger partial charge on any atom is 0.107 e. The maximum atomic E-state index is 10.1. The summed E-state index contributed by atoms with van der Waals surface area (Å²) >= 11 is 11.5. The molecule has 4 heteroatoms. The van der Waals surface area contributed by atoms with E-state index in [1.807, 2.05) is 24.3 Å². The van der Waals surface area contributed by atoms with Crippen molar-refractivity contribution in [2.24, 2.45) is 5.41 Å². The molecule has 2 rings (SSSR count). The van der Waals surface area contributed by atoms with Gasteiger partial charge in [-0.15, -0.1) is 0 Å². The lowest BCUT2D eigenvalue weighted by Crippen LogP contribution is -2.53. The molecule has 0 spiro atoms. The van der Waals surface area contributed by atoms with E-state index in [4.69, 9.17) is 23.8 Å². The Morgan fingerprint density at radius 3 is 2.65 bits per heavy atom. The molecule has 0 heterocycles. The van der Waals surface area contributed by atoms with Gasteiger partial charge in [0, 0.05) is 16.1 Å². The zero-order valence-electron chi connectivity index (χ0n) is 12.2. The predicted molar refractivity (Wildman–Crippen MR) is 88.3 cm³/mol. The third-order valence-corrected chi connectivity index (χ3v) is 4.42. The van der Waals surface area contributed by atoms with Crippen molar-refractivity contribution < 1.29 is 5.11 Å². The van der Waals surface area contributed by atoms with Crippen LogP contribution < -0.4 is 5.32 Å². The third kappa shape index (κ3) is 3.94. The van der Waals surface area contributed by atoms with Gasteiger partial charge < -0.3 is 10.4 Å². The number of aliphatic hydroxyl groups is 1. The summed E-state index contributed by atoms with van der Waals surface area (Å²) in [5.74, 6) is 0. The summed E-state index contributed by atoms with van der Waals surface area (Å²) in [6.07, 6.45) is 2.27. The van der Waals surface area contributed by atoms with E-state index in [9.17, 15) is 5.11 Å². The topological polar surface area (TPSA) is 32.3 Å². The van der Waals surface area contributed by atoms with Crippen LogP contribution in [0.2, 0.25) is 5.02 Å². The fourth-order valence-corrected chi connectivity index (χ4v) is 4.07. The van der Waals surface area contributed by atoms with Gasteiger partial charge in [0.25, 0.3) is 0 Å². The molecule has 110 valence electrons. The molecule has 1 aromatic carbocycles. The molecule has 1 aliphatic rings. The van der Waals surface area contributed by atoms with E-state index in [1.54, 1.807) is 0 Å². The summed E-state index contributed by atoms with van der Waals surface area (Å²) in [7, 11) is 0. The van der Waals surface area contributed by atoms with Gasteiger partial charge in [0.2, 0.25) is 0 Å². The monoisotopic (exact) mass is 311 g/mol. The van der Waals surface area contributed by atoms with Crippen LogP contribution >= 0.6 is 23.8 Å². The summed E-state index contributed by atoms with van der Waals surface area (Å²) < 4.78 is 0. The van der Waals surface area contributed by atoms with Crippen LogP contribution in [0.5, 0.6) is 0 Å². The average molecular weight is 312 g/mol. The molecule has 1 aromatic rings. The minimum atomic E-state index is -0.279. The Morgan fingerprint density at radius 1 is 1.35 bits per heavy atom. The van der Waals surface area contributed by atoms with Crippen molar-refractivity contribution in [3.05, 3.63) is 34.9 Å². The Balaban J connectivity index is 2.14. The third-order valence-electron chi connectivity index (χ3n) is 3.85. The highest BCUT2D eigenvalue weighted by molar-refractivity contribution is 7.80. The van der Waals surface area contributed by atoms with Crippen LogP contribution in [0.3, 0.4) is 0 Å². The summed E-state index contributed by atoms with van der Waals surface area (Å²) in [6, 6.07) is 7.55. The standard InChI is InChI=1S/C16H22ClNOS/c1-15(2)8-13(19)9-16(3,10-15)18-14(20)11-5-4-6-12(17)7-11/h4-7,13,19H,8-10H2,1-3H3,(H,18,20)/t13-,16+/m0/s1. The SMILES string of the molecule is CC1(C)C[C@H](O)C[C@@](C)(NC(=S)c2cccc(Cl)c2)C1. The number of rotatable bonds is 2. The number of hydrogen-bond acceptors (Lipinski definition) is 2. The molecule has 1 saturated carbocycles. The molecule has 0 bridgehead atoms. The number of benzene rings is 1. The van der Waals surface area contributed by atoms with Crippen molar-refractivity contribution in [3.8, 4) is 0 Å². The smallest absolute Gasteiger partial charge is 0.107 e. The number of halogens is 1. The second kappa shape index (κ2) is 5.63. The first-order valence-corrected chi connectivity index (χ1v) is 7.74. The van der Waals surface area contributed by atoms with Gasteiger partial charge in [-0.25, -0.2) is 0 Å². The van der Waals surface area contributed by atoms with Gasteiger partial charge in [0.15, 0.2) is 0 Å². The van der Waals surface area contributed by atoms with Crippen LogP contribution in [0.1, 0.15) is 45.6 Å². The van der Waals surface area contributed by atoms with E-state index < -0.39 is 0 Å². The molecule has 2 atom stereocenters. The summed E-state index contributed by atoms with van der Waals surface area (Å²) in [6.45, 7) is 6.52. The fraction of sp³-hybridized carbons (Fsp3) is 0.562. The molecule has 0 radical (unpaired) electrons. The normalized spacial score (nSPS) is 28.9. The number of aliphatic hydroxyl groups excluding tert-OH is 1. The van der Waals surface area contributed by atoms with Crippen molar-refractivity contribution in [1.82, 2.24) is 5.32 Å². The molecule has 0 unspecified atom stereocenters. The molecule has 20 heavy (non-hydrogen) atoms. The number of nitrogens with one attached hydrogen (secondary N) is 1. The van der Waals surface area contributed by atoms with Crippen molar-refractivity contribution in [2.45, 2.75) is 51.7 Å². The Kier molecular flexibility index (Phi) is 4.43. The highest BCUT2D eigenvalue weighted by atomic mass is 35.5. The zero-order chi connectivity index (χ0) is 15.0. The first kappa shape index (κ1) is 15.7. The van der Waals surface area contributed by atoms with Crippen molar-refractivity contribution in [2.75, 3.05) is 0 Å². The Hall–Kier alpha value is -0.640. The molecule has 0 aliphatic heterocycles. The lowest BCUT2D eigenvalue weighted by molar-refractivity contribution is 0.0205. The van der Waals surface area contributed by atoms with Gasteiger partial charge in [-0.2, -0.15) is 0 Å². The second-order valence-electron chi connectivity index (χ2n) is 6.93. The van der Waals surface area contributed by atoms with Gasteiger partial charge in [-0.1, -0.05) is 49.8 Å². The highest BCUT2D eigenvalue weighted by Crippen LogP contribution is 2.41. The zero-order valence-corrected chi connectivity index (χ0v) is 13.8. The molecule has 0 saturated heterocycles. The Bertz CT molecular complexity index is 517. The van der Waals surface area contributed by atoms with Gasteiger partial charge in [-0.05, 0) is 43.7 Å². The van der Waals surface area contributed by atoms with Crippen molar-refractivity contribution in [1.29, 1.82) is 0 Å². The molecule has 2 N–H and O–H groups in total. The minimum absolute atomic E-state index is 0.114. The fourth-order valence-electron chi connectivity index (χ4n) is 3.50. The first-order chi connectivity index (χ1) is 9.19. The van der Waals surface area contributed by atoms with Crippen LogP contribution in [-0.4, -0.2) is 21.7 Å². The van der Waals surface area contributed by atoms with Crippen LogP contribution in [-0.2, 0) is 0 Å². The average Bonchev–Trinajstić information content (AvgIpc) is 2.24. The van der Waals surface area contributed by atoms with E-state index in [-0.39, 0.29) is 17.1 Å². The molecule has 0 amide bonds. The van der Waals surface area contributed by atoms with Gasteiger partial charge >= 0.3 is 0 Å². The molecular weight excluding hydrogens is 290 g/mol. The van der Waals surface area contributed by atoms with Crippen LogP contribution in [0.25, 0.3) is 0 Å². The Labute approximate surface area is 131 Å². The van der Waals surface area contributed by atoms with E-state index >= 15 is 0 Å². The van der Waals surface area contributed by atoms with Gasteiger partial charge in [-0.3, -0.25) is 0 Å². The molecule has 1 aliphatic carbocycles. The minimum Gasteiger partial charge on any atom is -0.393 e. The molecular formula is C16H22ClNOS. The number of hydrogen-bond donors (Lipinski definition) is 2. The lowest BCUT2D eigenvalue weighted by Gasteiger charge is -2.46. The first-order valence-electron chi connectivity index (χ1n) is 6.95. The van der Waals surface area contributed by atoms with E-state index in [0.29, 0.717) is 10.0 Å². The molecule has 0 aromatic heterocycles. The van der Waals surface area contributed by atoms with E-state index in [2.05, 4.69) is 26.1 Å². The highest BCUT2D eigenvalue weighted by Gasteiger charge is 2.41. The second-order valence-corrected chi connectivity index (χ2v) is 7.77. The molecule has 1 fully saturated rings. The molecule has 2 nitrogen and oxygen atoms in total. The Morgan fingerprint density at radius 2 is 2.05 bits per heavy atom. The lowest BCUT2D eigenvalue weighted by atomic mass is 9.67. The predicted octanol–water partition coefficient (Wildman–Crippen LogP) is 3.93. The van der Waals surface area contributed by atoms with E-state index in [0.717, 1.165) is 24.8 Å². The summed E-state index contributed by atoms with van der Waals surface area (Å²) in [5, 5.41) is 14.2. The summed E-state index contributed by atoms with van der Waals surface area (Å²) in [5.41, 5.74) is 0.857. The van der Waals surface area contributed by atoms with Crippen LogP contribution in [0, 0.1) is 5.41 Å². The van der Waals surface area contributed by atoms with Gasteiger partial charge in [0.05, 0.1) is 6.10 Å². The number of thiocarbonyl (C=S) groups is 1.